The predicted molar refractivity (Wildman–Crippen MR) is 84.6 cm³/mol. The van der Waals surface area contributed by atoms with Gasteiger partial charge in [0.25, 0.3) is 5.91 Å². The van der Waals surface area contributed by atoms with Crippen LogP contribution in [0.2, 0.25) is 0 Å². The fraction of sp³-hybridized carbons (Fsp3) is 0.118. The van der Waals surface area contributed by atoms with Gasteiger partial charge in [-0.2, -0.15) is 0 Å². The number of para-hydroxylation sites is 1. The topological polar surface area (TPSA) is 84.5 Å². The molecule has 0 aromatic heterocycles. The lowest BCUT2D eigenvalue weighted by Gasteiger charge is -2.08. The quantitative estimate of drug-likeness (QED) is 0.813. The summed E-state index contributed by atoms with van der Waals surface area (Å²) in [5.74, 6) is -2.68. The van der Waals surface area contributed by atoms with Crippen LogP contribution in [0.3, 0.4) is 0 Å². The maximum Gasteiger partial charge on any atom is 0.326 e. The molecule has 2 aromatic rings. The molecular weight excluding hydrogens is 334 g/mol. The van der Waals surface area contributed by atoms with Gasteiger partial charge in [0, 0.05) is 0 Å². The minimum Gasteiger partial charge on any atom is -0.455 e. The average Bonchev–Trinajstić information content (AvgIpc) is 2.57. The Labute approximate surface area is 141 Å². The molecule has 130 valence electrons. The van der Waals surface area contributed by atoms with Crippen molar-refractivity contribution in [2.45, 2.75) is 6.42 Å². The van der Waals surface area contributed by atoms with Crippen LogP contribution in [-0.4, -0.2) is 24.5 Å². The third-order valence-corrected chi connectivity index (χ3v) is 3.00. The Morgan fingerprint density at radius 2 is 1.64 bits per heavy atom. The Kier molecular flexibility index (Phi) is 6.16. The molecule has 2 N–H and O–H groups in total. The molecule has 25 heavy (non-hydrogen) atoms. The molecule has 0 saturated carbocycles. The number of halogens is 2. The van der Waals surface area contributed by atoms with Crippen LogP contribution in [0.15, 0.2) is 48.5 Å². The second-order valence-electron chi connectivity index (χ2n) is 4.95. The van der Waals surface area contributed by atoms with Gasteiger partial charge in [-0.15, -0.1) is 0 Å². The van der Waals surface area contributed by atoms with Gasteiger partial charge in [-0.25, -0.2) is 13.6 Å². The monoisotopic (exact) mass is 348 g/mol. The molecule has 0 saturated heterocycles. The predicted octanol–water partition coefficient (Wildman–Crippen LogP) is 2.40. The molecule has 0 bridgehead atoms. The van der Waals surface area contributed by atoms with E-state index in [-0.39, 0.29) is 12.1 Å². The van der Waals surface area contributed by atoms with Crippen molar-refractivity contribution in [2.75, 3.05) is 11.9 Å². The Bertz CT molecular complexity index is 778. The molecule has 2 rings (SSSR count). The van der Waals surface area contributed by atoms with Gasteiger partial charge in [0.05, 0.1) is 12.1 Å². The van der Waals surface area contributed by atoms with E-state index < -0.39 is 36.1 Å². The van der Waals surface area contributed by atoms with Crippen LogP contribution in [0.4, 0.5) is 19.3 Å². The highest BCUT2D eigenvalue weighted by atomic mass is 19.1. The van der Waals surface area contributed by atoms with Gasteiger partial charge in [0.2, 0.25) is 0 Å². The first-order chi connectivity index (χ1) is 11.9. The zero-order valence-corrected chi connectivity index (χ0v) is 12.9. The van der Waals surface area contributed by atoms with Crippen molar-refractivity contribution in [1.82, 2.24) is 5.32 Å². The van der Waals surface area contributed by atoms with Gasteiger partial charge in [-0.3, -0.25) is 14.9 Å². The number of benzene rings is 2. The molecule has 2 aromatic carbocycles. The molecule has 0 aliphatic heterocycles. The van der Waals surface area contributed by atoms with E-state index in [1.807, 2.05) is 5.32 Å². The standard InChI is InChI=1S/C17H14F2N2O4/c18-12-7-5-11(6-8-12)9-16(23)25-10-15(22)21-17(24)20-14-4-2-1-3-13(14)19/h1-8H,9-10H2,(H2,20,21,22,24). The smallest absolute Gasteiger partial charge is 0.326 e. The number of nitrogens with one attached hydrogen (secondary N) is 2. The molecule has 8 heteroatoms. The lowest BCUT2D eigenvalue weighted by atomic mass is 10.1. The summed E-state index contributed by atoms with van der Waals surface area (Å²) in [4.78, 5) is 34.7. The highest BCUT2D eigenvalue weighted by Crippen LogP contribution is 2.11. The van der Waals surface area contributed by atoms with Crippen LogP contribution in [0, 0.1) is 11.6 Å². The fourth-order valence-electron chi connectivity index (χ4n) is 1.84. The van der Waals surface area contributed by atoms with Crippen LogP contribution in [0.5, 0.6) is 0 Å². The number of ether oxygens (including phenoxy) is 1. The number of esters is 1. The maximum absolute atomic E-state index is 13.4. The Hall–Kier alpha value is -3.29. The van der Waals surface area contributed by atoms with Crippen molar-refractivity contribution < 1.29 is 27.9 Å². The summed E-state index contributed by atoms with van der Waals surface area (Å²) in [7, 11) is 0. The van der Waals surface area contributed by atoms with Crippen LogP contribution >= 0.6 is 0 Å². The second kappa shape index (κ2) is 8.53. The maximum atomic E-state index is 13.4. The molecule has 0 fully saturated rings. The van der Waals surface area contributed by atoms with Crippen molar-refractivity contribution in [3.8, 4) is 0 Å². The van der Waals surface area contributed by atoms with E-state index in [0.717, 1.165) is 6.07 Å². The van der Waals surface area contributed by atoms with Crippen molar-refractivity contribution >= 4 is 23.6 Å². The largest absolute Gasteiger partial charge is 0.455 e. The molecule has 0 spiro atoms. The minimum absolute atomic E-state index is 0.0962. The van der Waals surface area contributed by atoms with Crippen LogP contribution in [-0.2, 0) is 20.7 Å². The number of hydrogen-bond acceptors (Lipinski definition) is 4. The van der Waals surface area contributed by atoms with Crippen molar-refractivity contribution in [3.05, 3.63) is 65.7 Å². The fourth-order valence-corrected chi connectivity index (χ4v) is 1.84. The van der Waals surface area contributed by atoms with Gasteiger partial charge < -0.3 is 10.1 Å². The van der Waals surface area contributed by atoms with Gasteiger partial charge in [0.15, 0.2) is 6.61 Å². The number of imide groups is 1. The first kappa shape index (κ1) is 18.1. The van der Waals surface area contributed by atoms with E-state index >= 15 is 0 Å². The first-order valence-electron chi connectivity index (χ1n) is 7.19. The SMILES string of the molecule is O=C(COC(=O)Cc1ccc(F)cc1)NC(=O)Nc1ccccc1F. The third kappa shape index (κ3) is 6.02. The van der Waals surface area contributed by atoms with Crippen molar-refractivity contribution in [1.29, 1.82) is 0 Å². The summed E-state index contributed by atoms with van der Waals surface area (Å²) in [6.45, 7) is -0.676. The summed E-state index contributed by atoms with van der Waals surface area (Å²) >= 11 is 0. The number of urea groups is 1. The molecular formula is C17H14F2N2O4. The highest BCUT2D eigenvalue weighted by Gasteiger charge is 2.12. The summed E-state index contributed by atoms with van der Waals surface area (Å²) in [6.07, 6.45) is -0.144. The molecule has 0 atom stereocenters. The number of anilines is 1. The normalized spacial score (nSPS) is 10.0. The number of carbonyl (C=O) groups excluding carboxylic acids is 3. The number of rotatable bonds is 5. The van der Waals surface area contributed by atoms with E-state index in [0.29, 0.717) is 5.56 Å². The summed E-state index contributed by atoms with van der Waals surface area (Å²) in [5, 5.41) is 4.05. The zero-order valence-electron chi connectivity index (χ0n) is 12.9. The van der Waals surface area contributed by atoms with Gasteiger partial charge in [-0.05, 0) is 29.8 Å². The molecule has 0 aliphatic carbocycles. The van der Waals surface area contributed by atoms with Crippen LogP contribution < -0.4 is 10.6 Å². The highest BCUT2D eigenvalue weighted by molar-refractivity contribution is 6.01. The van der Waals surface area contributed by atoms with Crippen molar-refractivity contribution in [3.63, 3.8) is 0 Å². The van der Waals surface area contributed by atoms with E-state index in [9.17, 15) is 23.2 Å². The average molecular weight is 348 g/mol. The van der Waals surface area contributed by atoms with E-state index in [1.54, 1.807) is 0 Å². The van der Waals surface area contributed by atoms with Crippen LogP contribution in [0.1, 0.15) is 5.56 Å². The zero-order chi connectivity index (χ0) is 18.2. The number of carbonyl (C=O) groups is 3. The summed E-state index contributed by atoms with van der Waals surface area (Å²) in [6, 6.07) is 9.70. The second-order valence-corrected chi connectivity index (χ2v) is 4.95. The Balaban J connectivity index is 1.74. The molecule has 6 nitrogen and oxygen atoms in total. The third-order valence-electron chi connectivity index (χ3n) is 3.00. The molecule has 0 unspecified atom stereocenters. The Morgan fingerprint density at radius 1 is 0.960 bits per heavy atom. The summed E-state index contributed by atoms with van der Waals surface area (Å²) < 4.78 is 30.8. The molecule has 0 heterocycles. The van der Waals surface area contributed by atoms with Crippen molar-refractivity contribution in [2.24, 2.45) is 0 Å². The lowest BCUT2D eigenvalue weighted by molar-refractivity contribution is -0.147. The van der Waals surface area contributed by atoms with Crippen LogP contribution in [0.25, 0.3) is 0 Å². The van der Waals surface area contributed by atoms with E-state index in [4.69, 9.17) is 4.74 Å². The number of hydrogen-bond donors (Lipinski definition) is 2. The van der Waals surface area contributed by atoms with E-state index in [1.165, 1.54) is 42.5 Å². The van der Waals surface area contributed by atoms with Gasteiger partial charge in [0.1, 0.15) is 11.6 Å². The van der Waals surface area contributed by atoms with E-state index in [2.05, 4.69) is 5.32 Å². The van der Waals surface area contributed by atoms with Gasteiger partial charge >= 0.3 is 12.0 Å². The molecule has 0 radical (unpaired) electrons. The number of amides is 3. The molecule has 0 aliphatic rings. The minimum atomic E-state index is -0.954. The first-order valence-corrected chi connectivity index (χ1v) is 7.19. The summed E-state index contributed by atoms with van der Waals surface area (Å²) in [5.41, 5.74) is 0.421. The molecule has 3 amide bonds. The Morgan fingerprint density at radius 3 is 2.32 bits per heavy atom. The lowest BCUT2D eigenvalue weighted by Crippen LogP contribution is -2.37. The van der Waals surface area contributed by atoms with Gasteiger partial charge in [-0.1, -0.05) is 24.3 Å².